The highest BCUT2D eigenvalue weighted by atomic mass is 16.6. The van der Waals surface area contributed by atoms with Crippen LogP contribution in [-0.4, -0.2) is 67.3 Å². The summed E-state index contributed by atoms with van der Waals surface area (Å²) in [6, 6.07) is -1.04. The number of rotatable bonds is 6. The fourth-order valence-electron chi connectivity index (χ4n) is 2.52. The molecule has 3 atom stereocenters. The number of nitrogens with zero attached hydrogens (tertiary/aromatic N) is 1. The standard InChI is InChI=1S/C16H22N2O9/c1-8-15(27-10(3)20)11(6-14(22)26-8)18(17-9(2)19)12(16(23)25-5)7-13(21)24-4/h7-8,11,15H,6H2,1-5H3,(H,17,19). The number of hydrogen-bond acceptors (Lipinski definition) is 10. The average Bonchev–Trinajstić information content (AvgIpc) is 2.58. The van der Waals surface area contributed by atoms with Gasteiger partial charge in [-0.2, -0.15) is 0 Å². The van der Waals surface area contributed by atoms with Crippen LogP contribution in [0.5, 0.6) is 0 Å². The number of cyclic esters (lactones) is 1. The van der Waals surface area contributed by atoms with Crippen molar-refractivity contribution < 1.29 is 42.9 Å². The summed E-state index contributed by atoms with van der Waals surface area (Å²) in [5.74, 6) is -3.80. The number of methoxy groups -OCH3 is 2. The van der Waals surface area contributed by atoms with E-state index in [-0.39, 0.29) is 6.42 Å². The topological polar surface area (TPSA) is 138 Å². The molecule has 0 aromatic rings. The van der Waals surface area contributed by atoms with Crippen LogP contribution in [0.3, 0.4) is 0 Å². The molecule has 1 fully saturated rings. The molecule has 0 aromatic heterocycles. The lowest BCUT2D eigenvalue weighted by Crippen LogP contribution is -2.60. The van der Waals surface area contributed by atoms with Gasteiger partial charge in [0.25, 0.3) is 0 Å². The number of nitrogens with one attached hydrogen (secondary N) is 1. The molecule has 1 aliphatic rings. The van der Waals surface area contributed by atoms with E-state index in [1.807, 2.05) is 0 Å². The molecule has 0 bridgehead atoms. The maximum atomic E-state index is 12.2. The van der Waals surface area contributed by atoms with E-state index in [2.05, 4.69) is 14.9 Å². The highest BCUT2D eigenvalue weighted by Crippen LogP contribution is 2.26. The second-order valence-electron chi connectivity index (χ2n) is 5.62. The summed E-state index contributed by atoms with van der Waals surface area (Å²) < 4.78 is 19.4. The van der Waals surface area contributed by atoms with E-state index in [1.165, 1.54) is 6.92 Å². The van der Waals surface area contributed by atoms with Crippen LogP contribution >= 0.6 is 0 Å². The van der Waals surface area contributed by atoms with Crippen molar-refractivity contribution in [3.63, 3.8) is 0 Å². The van der Waals surface area contributed by atoms with Crippen molar-refractivity contribution >= 4 is 29.8 Å². The fraction of sp³-hybridized carbons (Fsp3) is 0.562. The third-order valence-electron chi connectivity index (χ3n) is 3.56. The van der Waals surface area contributed by atoms with Crippen LogP contribution in [0.1, 0.15) is 27.2 Å². The predicted molar refractivity (Wildman–Crippen MR) is 87.3 cm³/mol. The largest absolute Gasteiger partial charge is 0.466 e. The molecule has 1 N–H and O–H groups in total. The smallest absolute Gasteiger partial charge is 0.356 e. The van der Waals surface area contributed by atoms with Crippen LogP contribution in [0.4, 0.5) is 0 Å². The van der Waals surface area contributed by atoms with Gasteiger partial charge in [-0.25, -0.2) is 9.59 Å². The van der Waals surface area contributed by atoms with Crippen LogP contribution in [0.15, 0.2) is 11.8 Å². The number of hydrogen-bond donors (Lipinski definition) is 1. The first-order valence-corrected chi connectivity index (χ1v) is 7.91. The van der Waals surface area contributed by atoms with Crippen molar-refractivity contribution in [3.8, 4) is 0 Å². The van der Waals surface area contributed by atoms with Crippen molar-refractivity contribution in [3.05, 3.63) is 11.8 Å². The van der Waals surface area contributed by atoms with Gasteiger partial charge in [-0.1, -0.05) is 0 Å². The molecule has 0 spiro atoms. The Morgan fingerprint density at radius 2 is 1.81 bits per heavy atom. The summed E-state index contributed by atoms with van der Waals surface area (Å²) in [6.45, 7) is 3.81. The van der Waals surface area contributed by atoms with Crippen LogP contribution in [0.2, 0.25) is 0 Å². The van der Waals surface area contributed by atoms with Gasteiger partial charge in [-0.3, -0.25) is 24.8 Å². The van der Waals surface area contributed by atoms with Crippen molar-refractivity contribution in [1.82, 2.24) is 10.4 Å². The minimum absolute atomic E-state index is 0.335. The van der Waals surface area contributed by atoms with Crippen molar-refractivity contribution in [2.75, 3.05) is 14.2 Å². The zero-order chi connectivity index (χ0) is 20.7. The average molecular weight is 386 g/mol. The van der Waals surface area contributed by atoms with E-state index >= 15 is 0 Å². The van der Waals surface area contributed by atoms with Gasteiger partial charge >= 0.3 is 23.9 Å². The molecule has 3 unspecified atom stereocenters. The van der Waals surface area contributed by atoms with Crippen molar-refractivity contribution in [1.29, 1.82) is 0 Å². The fourth-order valence-corrected chi connectivity index (χ4v) is 2.52. The summed E-state index contributed by atoms with van der Waals surface area (Å²) in [5.41, 5.74) is 1.94. The van der Waals surface area contributed by atoms with E-state index in [0.717, 1.165) is 39.2 Å². The Morgan fingerprint density at radius 1 is 1.19 bits per heavy atom. The first-order chi connectivity index (χ1) is 12.6. The number of ether oxygens (including phenoxy) is 4. The van der Waals surface area contributed by atoms with E-state index in [1.54, 1.807) is 0 Å². The lowest BCUT2D eigenvalue weighted by Gasteiger charge is -2.41. The highest BCUT2D eigenvalue weighted by Gasteiger charge is 2.44. The maximum absolute atomic E-state index is 12.2. The van der Waals surface area contributed by atoms with E-state index < -0.39 is 53.7 Å². The summed E-state index contributed by atoms with van der Waals surface area (Å²) >= 11 is 0. The van der Waals surface area contributed by atoms with E-state index in [9.17, 15) is 24.0 Å². The molecular formula is C16H22N2O9. The Bertz CT molecular complexity index is 658. The first kappa shape index (κ1) is 21.9. The Labute approximate surface area is 155 Å². The molecule has 1 amide bonds. The molecule has 0 aliphatic carbocycles. The van der Waals surface area contributed by atoms with Gasteiger partial charge in [0.2, 0.25) is 5.91 Å². The maximum Gasteiger partial charge on any atom is 0.356 e. The third kappa shape index (κ3) is 5.97. The summed E-state index contributed by atoms with van der Waals surface area (Å²) in [5, 5.41) is 0.954. The Kier molecular flexibility index (Phi) is 7.76. The van der Waals surface area contributed by atoms with Crippen molar-refractivity contribution in [2.24, 2.45) is 0 Å². The number of hydrazine groups is 1. The third-order valence-corrected chi connectivity index (χ3v) is 3.56. The van der Waals surface area contributed by atoms with Gasteiger partial charge in [-0.05, 0) is 6.92 Å². The van der Waals surface area contributed by atoms with Gasteiger partial charge < -0.3 is 18.9 Å². The normalized spacial score (nSPS) is 22.2. The van der Waals surface area contributed by atoms with Crippen molar-refractivity contribution in [2.45, 2.75) is 45.4 Å². The molecule has 0 aromatic carbocycles. The quantitative estimate of drug-likeness (QED) is 0.267. The number of esters is 4. The molecule has 1 rings (SSSR count). The molecular weight excluding hydrogens is 364 g/mol. The predicted octanol–water partition coefficient (Wildman–Crippen LogP) is -0.795. The van der Waals surface area contributed by atoms with Crippen LogP contribution in [-0.2, 0) is 42.9 Å². The van der Waals surface area contributed by atoms with Crippen LogP contribution < -0.4 is 5.43 Å². The Hall–Kier alpha value is -3.11. The van der Waals surface area contributed by atoms with Gasteiger partial charge in [0.1, 0.15) is 12.1 Å². The minimum Gasteiger partial charge on any atom is -0.466 e. The van der Waals surface area contributed by atoms with E-state index in [4.69, 9.17) is 9.47 Å². The first-order valence-electron chi connectivity index (χ1n) is 7.91. The molecule has 11 heteroatoms. The van der Waals surface area contributed by atoms with Gasteiger partial charge in [-0.15, -0.1) is 0 Å². The molecule has 0 radical (unpaired) electrons. The number of amides is 1. The molecule has 27 heavy (non-hydrogen) atoms. The number of carbonyl (C=O) groups is 5. The molecule has 11 nitrogen and oxygen atoms in total. The minimum atomic E-state index is -1.04. The SMILES string of the molecule is COC(=O)C=C(C(=O)OC)N(NC(C)=O)C1CC(=O)OC(C)C1OC(C)=O. The molecule has 150 valence electrons. The lowest BCUT2D eigenvalue weighted by molar-refractivity contribution is -0.185. The molecule has 1 saturated heterocycles. The van der Waals surface area contributed by atoms with Crippen LogP contribution in [0, 0.1) is 0 Å². The van der Waals surface area contributed by atoms with Gasteiger partial charge in [0, 0.05) is 13.8 Å². The molecule has 1 heterocycles. The summed E-state index contributed by atoms with van der Waals surface area (Å²) in [7, 11) is 2.17. The Morgan fingerprint density at radius 3 is 2.30 bits per heavy atom. The number of carbonyl (C=O) groups excluding carboxylic acids is 5. The second-order valence-corrected chi connectivity index (χ2v) is 5.62. The lowest BCUT2D eigenvalue weighted by atomic mass is 9.98. The van der Waals surface area contributed by atoms with Gasteiger partial charge in [0.05, 0.1) is 26.7 Å². The molecule has 1 aliphatic heterocycles. The summed E-state index contributed by atoms with van der Waals surface area (Å²) in [6.07, 6.45) is -1.44. The molecule has 0 saturated carbocycles. The Balaban J connectivity index is 3.46. The summed E-state index contributed by atoms with van der Waals surface area (Å²) in [4.78, 5) is 59.0. The highest BCUT2D eigenvalue weighted by molar-refractivity contribution is 5.96. The van der Waals surface area contributed by atoms with Crippen LogP contribution in [0.25, 0.3) is 0 Å². The van der Waals surface area contributed by atoms with Gasteiger partial charge in [0.15, 0.2) is 11.8 Å². The second kappa shape index (κ2) is 9.55. The monoisotopic (exact) mass is 386 g/mol. The zero-order valence-corrected chi connectivity index (χ0v) is 15.6. The zero-order valence-electron chi connectivity index (χ0n) is 15.6. The van der Waals surface area contributed by atoms with E-state index in [0.29, 0.717) is 0 Å².